The van der Waals surface area contributed by atoms with Crippen LogP contribution in [-0.4, -0.2) is 34.8 Å². The zero-order chi connectivity index (χ0) is 25.0. The van der Waals surface area contributed by atoms with Crippen molar-refractivity contribution in [2.45, 2.75) is 6.54 Å². The molecule has 7 nitrogen and oxygen atoms in total. The molecule has 34 heavy (non-hydrogen) atoms. The maximum absolute atomic E-state index is 14.4. The summed E-state index contributed by atoms with van der Waals surface area (Å²) in [5.41, 5.74) is -0.276. The van der Waals surface area contributed by atoms with Gasteiger partial charge in [-0.2, -0.15) is 0 Å². The minimum Gasteiger partial charge on any atom is -0.493 e. The van der Waals surface area contributed by atoms with Crippen molar-refractivity contribution in [2.75, 3.05) is 30.1 Å². The Morgan fingerprint density at radius 2 is 1.65 bits per heavy atom. The van der Waals surface area contributed by atoms with Crippen LogP contribution in [0.5, 0.6) is 11.5 Å². The zero-order valence-corrected chi connectivity index (χ0v) is 20.8. The Labute approximate surface area is 204 Å². The molecular formula is C23H21BrF2N2O5S. The summed E-state index contributed by atoms with van der Waals surface area (Å²) in [6, 6.07) is 12.3. The summed E-state index contributed by atoms with van der Waals surface area (Å²) < 4.78 is 66.1. The van der Waals surface area contributed by atoms with Crippen LogP contribution in [0.15, 0.2) is 59.1 Å². The fraction of sp³-hybridized carbons (Fsp3) is 0.174. The Morgan fingerprint density at radius 3 is 2.24 bits per heavy atom. The topological polar surface area (TPSA) is 84.9 Å². The van der Waals surface area contributed by atoms with Crippen molar-refractivity contribution >= 4 is 43.2 Å². The number of amides is 1. The molecule has 0 aliphatic rings. The SMILES string of the molecule is COc1cc(C(=O)Nc2ccc(Br)cc2F)c(N(Cc2ccccc2F)S(C)(=O)=O)cc1OC. The number of ether oxygens (including phenoxy) is 2. The van der Waals surface area contributed by atoms with Crippen LogP contribution >= 0.6 is 15.9 Å². The van der Waals surface area contributed by atoms with Crippen LogP contribution in [0.2, 0.25) is 0 Å². The lowest BCUT2D eigenvalue weighted by Gasteiger charge is -2.26. The molecule has 0 aromatic heterocycles. The van der Waals surface area contributed by atoms with Gasteiger partial charge in [0.15, 0.2) is 11.5 Å². The molecule has 0 unspecified atom stereocenters. The molecule has 3 aromatic carbocycles. The molecule has 1 N–H and O–H groups in total. The van der Waals surface area contributed by atoms with Crippen LogP contribution in [0.25, 0.3) is 0 Å². The summed E-state index contributed by atoms with van der Waals surface area (Å²) in [7, 11) is -1.31. The highest BCUT2D eigenvalue weighted by Crippen LogP contribution is 2.37. The molecule has 0 aliphatic carbocycles. The average molecular weight is 555 g/mol. The summed E-state index contributed by atoms with van der Waals surface area (Å²) in [6.45, 7) is -0.395. The minimum atomic E-state index is -4.01. The fourth-order valence-electron chi connectivity index (χ4n) is 3.20. The highest BCUT2D eigenvalue weighted by Gasteiger charge is 2.27. The van der Waals surface area contributed by atoms with Crippen molar-refractivity contribution in [3.63, 3.8) is 0 Å². The summed E-state index contributed by atoms with van der Waals surface area (Å²) >= 11 is 3.14. The Kier molecular flexibility index (Phi) is 7.78. The van der Waals surface area contributed by atoms with Crippen LogP contribution in [-0.2, 0) is 16.6 Å². The Bertz CT molecular complexity index is 1330. The number of nitrogens with one attached hydrogen (secondary N) is 1. The number of nitrogens with zero attached hydrogens (tertiary/aromatic N) is 1. The molecule has 0 radical (unpaired) electrons. The highest BCUT2D eigenvalue weighted by atomic mass is 79.9. The third-order valence-corrected chi connectivity index (χ3v) is 6.49. The first-order chi connectivity index (χ1) is 16.0. The quantitative estimate of drug-likeness (QED) is 0.425. The number of carbonyl (C=O) groups is 1. The summed E-state index contributed by atoms with van der Waals surface area (Å²) in [6.07, 6.45) is 0.931. The molecule has 0 aliphatic heterocycles. The van der Waals surface area contributed by atoms with Gasteiger partial charge in [0.1, 0.15) is 11.6 Å². The molecule has 0 saturated carbocycles. The third-order valence-electron chi connectivity index (χ3n) is 4.87. The van der Waals surface area contributed by atoms with E-state index >= 15 is 0 Å². The Balaban J connectivity index is 2.16. The second-order valence-corrected chi connectivity index (χ2v) is 9.99. The summed E-state index contributed by atoms with van der Waals surface area (Å²) in [4.78, 5) is 13.2. The van der Waals surface area contributed by atoms with Gasteiger partial charge in [0, 0.05) is 16.1 Å². The number of methoxy groups -OCH3 is 2. The van der Waals surface area contributed by atoms with E-state index in [0.29, 0.717) is 4.47 Å². The lowest BCUT2D eigenvalue weighted by atomic mass is 10.1. The summed E-state index contributed by atoms with van der Waals surface area (Å²) in [5.74, 6) is -1.83. The normalized spacial score (nSPS) is 11.1. The number of carbonyl (C=O) groups excluding carboxylic acids is 1. The van der Waals surface area contributed by atoms with Gasteiger partial charge in [-0.1, -0.05) is 34.1 Å². The van der Waals surface area contributed by atoms with Crippen molar-refractivity contribution < 1.29 is 31.5 Å². The Hall–Kier alpha value is -3.18. The van der Waals surface area contributed by atoms with E-state index in [1.807, 2.05) is 0 Å². The van der Waals surface area contributed by atoms with Gasteiger partial charge < -0.3 is 14.8 Å². The molecule has 0 saturated heterocycles. The lowest BCUT2D eigenvalue weighted by Crippen LogP contribution is -2.32. The van der Waals surface area contributed by atoms with Crippen molar-refractivity contribution in [3.05, 3.63) is 81.8 Å². The first kappa shape index (κ1) is 25.4. The van der Waals surface area contributed by atoms with Crippen molar-refractivity contribution in [1.29, 1.82) is 0 Å². The molecule has 11 heteroatoms. The van der Waals surface area contributed by atoms with Gasteiger partial charge in [-0.15, -0.1) is 0 Å². The fourth-order valence-corrected chi connectivity index (χ4v) is 4.41. The zero-order valence-electron chi connectivity index (χ0n) is 18.4. The standard InChI is InChI=1S/C23H21BrF2N2O5S/c1-32-21-11-16(23(29)27-19-9-8-15(24)10-18(19)26)20(12-22(21)33-2)28(34(3,30)31)13-14-6-4-5-7-17(14)25/h4-12H,13H2,1-3H3,(H,27,29). The third kappa shape index (κ3) is 5.65. The van der Waals surface area contributed by atoms with Crippen LogP contribution in [0.4, 0.5) is 20.2 Å². The van der Waals surface area contributed by atoms with Gasteiger partial charge in [-0.05, 0) is 30.3 Å². The average Bonchev–Trinajstić information content (AvgIpc) is 2.78. The number of halogens is 3. The number of benzene rings is 3. The van der Waals surface area contributed by atoms with Crippen LogP contribution < -0.4 is 19.1 Å². The Morgan fingerprint density at radius 1 is 1.00 bits per heavy atom. The van der Waals surface area contributed by atoms with Crippen molar-refractivity contribution in [1.82, 2.24) is 0 Å². The van der Waals surface area contributed by atoms with Crippen LogP contribution in [0.3, 0.4) is 0 Å². The van der Waals surface area contributed by atoms with E-state index < -0.39 is 34.1 Å². The lowest BCUT2D eigenvalue weighted by molar-refractivity contribution is 0.102. The monoisotopic (exact) mass is 554 g/mol. The number of anilines is 2. The van der Waals surface area contributed by atoms with Crippen molar-refractivity contribution in [2.24, 2.45) is 0 Å². The molecule has 0 spiro atoms. The molecular weight excluding hydrogens is 534 g/mol. The molecule has 1 amide bonds. The van der Waals surface area contributed by atoms with E-state index in [1.165, 1.54) is 62.8 Å². The summed E-state index contributed by atoms with van der Waals surface area (Å²) in [5, 5.41) is 2.44. The van der Waals surface area contributed by atoms with Gasteiger partial charge in [0.25, 0.3) is 5.91 Å². The van der Waals surface area contributed by atoms with Gasteiger partial charge in [-0.3, -0.25) is 9.10 Å². The van der Waals surface area contributed by atoms with Crippen LogP contribution in [0, 0.1) is 11.6 Å². The largest absolute Gasteiger partial charge is 0.493 e. The maximum Gasteiger partial charge on any atom is 0.258 e. The molecule has 3 aromatic rings. The number of hydrogen-bond acceptors (Lipinski definition) is 5. The molecule has 0 heterocycles. The molecule has 0 atom stereocenters. The van der Waals surface area contributed by atoms with Crippen LogP contribution in [0.1, 0.15) is 15.9 Å². The van der Waals surface area contributed by atoms with E-state index in [0.717, 1.165) is 10.6 Å². The van der Waals surface area contributed by atoms with E-state index in [4.69, 9.17) is 9.47 Å². The molecule has 0 fully saturated rings. The van der Waals surface area contributed by atoms with E-state index in [2.05, 4.69) is 21.2 Å². The van der Waals surface area contributed by atoms with Gasteiger partial charge in [0.05, 0.1) is 44.0 Å². The predicted molar refractivity (Wildman–Crippen MR) is 129 cm³/mol. The maximum atomic E-state index is 14.4. The first-order valence-electron chi connectivity index (χ1n) is 9.78. The second kappa shape index (κ2) is 10.4. The molecule has 180 valence electrons. The number of rotatable bonds is 8. The highest BCUT2D eigenvalue weighted by molar-refractivity contribution is 9.10. The van der Waals surface area contributed by atoms with Crippen molar-refractivity contribution in [3.8, 4) is 11.5 Å². The second-order valence-electron chi connectivity index (χ2n) is 7.16. The predicted octanol–water partition coefficient (Wildman–Crippen LogP) is 4.96. The van der Waals surface area contributed by atoms with E-state index in [-0.39, 0.29) is 34.0 Å². The molecule has 0 bridgehead atoms. The number of sulfonamides is 1. The smallest absolute Gasteiger partial charge is 0.258 e. The van der Waals surface area contributed by atoms with E-state index in [9.17, 15) is 22.0 Å². The minimum absolute atomic E-state index is 0.0908. The van der Waals surface area contributed by atoms with Gasteiger partial charge in [-0.25, -0.2) is 17.2 Å². The molecule has 3 rings (SSSR count). The van der Waals surface area contributed by atoms with Gasteiger partial charge in [0.2, 0.25) is 10.0 Å². The van der Waals surface area contributed by atoms with Gasteiger partial charge >= 0.3 is 0 Å². The first-order valence-corrected chi connectivity index (χ1v) is 12.4. The number of hydrogen-bond donors (Lipinski definition) is 1. The van der Waals surface area contributed by atoms with E-state index in [1.54, 1.807) is 6.07 Å².